The molecule has 0 bridgehead atoms. The topological polar surface area (TPSA) is 79.0 Å². The Kier molecular flexibility index (Phi) is 5.96. The van der Waals surface area contributed by atoms with Crippen LogP contribution < -0.4 is 0 Å². The molecule has 2 aromatic rings. The lowest BCUT2D eigenvalue weighted by molar-refractivity contribution is -0.128. The van der Waals surface area contributed by atoms with Crippen molar-refractivity contribution in [2.24, 2.45) is 11.3 Å². The summed E-state index contributed by atoms with van der Waals surface area (Å²) in [6.07, 6.45) is 8.94. The van der Waals surface area contributed by atoms with Gasteiger partial charge in [-0.25, -0.2) is 9.97 Å². The lowest BCUT2D eigenvalue weighted by Crippen LogP contribution is -2.42. The number of ketones is 1. The summed E-state index contributed by atoms with van der Waals surface area (Å²) in [6.45, 7) is 11.5. The van der Waals surface area contributed by atoms with Crippen LogP contribution in [-0.2, 0) is 11.2 Å². The van der Waals surface area contributed by atoms with E-state index in [2.05, 4.69) is 37.3 Å². The second kappa shape index (κ2) is 8.25. The van der Waals surface area contributed by atoms with E-state index < -0.39 is 0 Å². The molecule has 28 heavy (non-hydrogen) atoms. The van der Waals surface area contributed by atoms with E-state index in [0.717, 1.165) is 44.5 Å². The predicted molar refractivity (Wildman–Crippen MR) is 110 cm³/mol. The van der Waals surface area contributed by atoms with E-state index in [-0.39, 0.29) is 17.1 Å². The molecule has 0 spiro atoms. The van der Waals surface area contributed by atoms with Gasteiger partial charge < -0.3 is 9.88 Å². The number of Topliss-reactive ketones (excluding diaryl/α,β-unsaturated/α-hetero) is 1. The molecule has 1 aliphatic heterocycles. The summed E-state index contributed by atoms with van der Waals surface area (Å²) in [5, 5.41) is 0. The molecule has 0 radical (unpaired) electrons. The number of carbonyl (C=O) groups excluding carboxylic acids is 2. The number of fused-ring (bicyclic) bond motifs is 1. The van der Waals surface area contributed by atoms with Crippen molar-refractivity contribution in [3.63, 3.8) is 0 Å². The number of H-pyrrole nitrogens is 1. The Morgan fingerprint density at radius 3 is 2.71 bits per heavy atom. The van der Waals surface area contributed by atoms with Gasteiger partial charge in [0.1, 0.15) is 5.52 Å². The van der Waals surface area contributed by atoms with Crippen molar-refractivity contribution in [2.45, 2.75) is 52.9 Å². The van der Waals surface area contributed by atoms with Crippen molar-refractivity contribution in [3.05, 3.63) is 36.3 Å². The number of nitrogens with one attached hydrogen (secondary N) is 1. The standard InChI is InChI=1S/C22H30N4O2/c1-5-19(28)26-10-8-22(4,9-11-26)12-16-13-23-21-20(25-16)17(14-24-21)18(27)7-6-15(2)3/h5,13-15H,1,6-12H2,2-4H3,(H,23,24). The fraction of sp³-hybridized carbons (Fsp3) is 0.545. The van der Waals surface area contributed by atoms with Crippen molar-refractivity contribution in [2.75, 3.05) is 13.1 Å². The monoisotopic (exact) mass is 382 g/mol. The highest BCUT2D eigenvalue weighted by atomic mass is 16.2. The van der Waals surface area contributed by atoms with Crippen LogP contribution in [0.3, 0.4) is 0 Å². The number of hydrogen-bond donors (Lipinski definition) is 1. The molecule has 3 heterocycles. The first-order valence-electron chi connectivity index (χ1n) is 10.1. The highest BCUT2D eigenvalue weighted by molar-refractivity contribution is 6.05. The molecule has 1 saturated heterocycles. The molecule has 1 N–H and O–H groups in total. The first kappa shape index (κ1) is 20.2. The fourth-order valence-corrected chi connectivity index (χ4v) is 3.79. The highest BCUT2D eigenvalue weighted by Crippen LogP contribution is 2.34. The van der Waals surface area contributed by atoms with E-state index in [4.69, 9.17) is 4.98 Å². The zero-order chi connectivity index (χ0) is 20.3. The molecule has 1 aliphatic rings. The summed E-state index contributed by atoms with van der Waals surface area (Å²) >= 11 is 0. The van der Waals surface area contributed by atoms with Crippen molar-refractivity contribution in [3.8, 4) is 0 Å². The lowest BCUT2D eigenvalue weighted by Gasteiger charge is -2.39. The third-order valence-corrected chi connectivity index (χ3v) is 5.74. The third-order valence-electron chi connectivity index (χ3n) is 5.74. The maximum atomic E-state index is 12.6. The Bertz CT molecular complexity index is 876. The molecule has 6 heteroatoms. The summed E-state index contributed by atoms with van der Waals surface area (Å²) in [6, 6.07) is 0. The van der Waals surface area contributed by atoms with Gasteiger partial charge in [0.05, 0.1) is 17.5 Å². The van der Waals surface area contributed by atoms with Crippen LogP contribution >= 0.6 is 0 Å². The van der Waals surface area contributed by atoms with E-state index in [9.17, 15) is 9.59 Å². The van der Waals surface area contributed by atoms with Crippen molar-refractivity contribution >= 4 is 22.9 Å². The van der Waals surface area contributed by atoms with Gasteiger partial charge in [0, 0.05) is 25.7 Å². The van der Waals surface area contributed by atoms with Crippen LogP contribution in [-0.4, -0.2) is 44.6 Å². The van der Waals surface area contributed by atoms with Gasteiger partial charge in [-0.1, -0.05) is 27.4 Å². The molecule has 2 aromatic heterocycles. The average molecular weight is 383 g/mol. The number of amides is 1. The summed E-state index contributed by atoms with van der Waals surface area (Å²) in [5.41, 5.74) is 2.94. The molecule has 150 valence electrons. The van der Waals surface area contributed by atoms with Crippen LogP contribution in [0.5, 0.6) is 0 Å². The number of hydrogen-bond acceptors (Lipinski definition) is 4. The zero-order valence-electron chi connectivity index (χ0n) is 17.1. The van der Waals surface area contributed by atoms with Gasteiger partial charge >= 0.3 is 0 Å². The molecular weight excluding hydrogens is 352 g/mol. The van der Waals surface area contributed by atoms with Crippen LogP contribution in [0.1, 0.15) is 62.5 Å². The first-order chi connectivity index (χ1) is 13.3. The number of piperidine rings is 1. The van der Waals surface area contributed by atoms with E-state index in [1.165, 1.54) is 6.08 Å². The van der Waals surface area contributed by atoms with Gasteiger partial charge in [0.2, 0.25) is 5.91 Å². The maximum absolute atomic E-state index is 12.6. The minimum atomic E-state index is 0.000126. The van der Waals surface area contributed by atoms with Crippen LogP contribution in [0.15, 0.2) is 25.0 Å². The van der Waals surface area contributed by atoms with Gasteiger partial charge in [0.25, 0.3) is 0 Å². The number of aromatic amines is 1. The lowest BCUT2D eigenvalue weighted by atomic mass is 9.76. The quantitative estimate of drug-likeness (QED) is 0.581. The maximum Gasteiger partial charge on any atom is 0.245 e. The van der Waals surface area contributed by atoms with Gasteiger partial charge in [-0.05, 0) is 43.1 Å². The van der Waals surface area contributed by atoms with E-state index >= 15 is 0 Å². The second-order valence-corrected chi connectivity index (χ2v) is 8.63. The Morgan fingerprint density at radius 1 is 1.36 bits per heavy atom. The molecule has 0 aromatic carbocycles. The van der Waals surface area contributed by atoms with Crippen LogP contribution in [0.4, 0.5) is 0 Å². The molecule has 6 nitrogen and oxygen atoms in total. The molecule has 1 amide bonds. The van der Waals surface area contributed by atoms with Crippen molar-refractivity contribution in [1.29, 1.82) is 0 Å². The van der Waals surface area contributed by atoms with Crippen molar-refractivity contribution in [1.82, 2.24) is 19.9 Å². The highest BCUT2D eigenvalue weighted by Gasteiger charge is 2.32. The Hall–Kier alpha value is -2.50. The molecule has 0 saturated carbocycles. The molecule has 0 atom stereocenters. The summed E-state index contributed by atoms with van der Waals surface area (Å²) < 4.78 is 0. The molecule has 0 unspecified atom stereocenters. The number of nitrogens with zero attached hydrogens (tertiary/aromatic N) is 3. The SMILES string of the molecule is C=CC(=O)N1CCC(C)(Cc2cnc3[nH]cc(C(=O)CCC(C)C)c3n2)CC1. The minimum absolute atomic E-state index is 0.000126. The summed E-state index contributed by atoms with van der Waals surface area (Å²) in [4.78, 5) is 38.6. The number of likely N-dealkylation sites (tertiary alicyclic amines) is 1. The first-order valence-corrected chi connectivity index (χ1v) is 10.1. The number of aromatic nitrogens is 3. The van der Waals surface area contributed by atoms with Gasteiger partial charge in [-0.3, -0.25) is 9.59 Å². The molecular formula is C22H30N4O2. The summed E-state index contributed by atoms with van der Waals surface area (Å²) in [5.74, 6) is 0.614. The van der Waals surface area contributed by atoms with E-state index in [1.807, 2.05) is 4.90 Å². The predicted octanol–water partition coefficient (Wildman–Crippen LogP) is 3.93. The third kappa shape index (κ3) is 4.49. The van der Waals surface area contributed by atoms with E-state index in [1.54, 1.807) is 12.4 Å². The van der Waals surface area contributed by atoms with Crippen LogP contribution in [0.25, 0.3) is 11.2 Å². The molecule has 0 aliphatic carbocycles. The van der Waals surface area contributed by atoms with Gasteiger partial charge in [-0.2, -0.15) is 0 Å². The molecule has 1 fully saturated rings. The molecule has 3 rings (SSSR count). The van der Waals surface area contributed by atoms with Crippen LogP contribution in [0.2, 0.25) is 0 Å². The van der Waals surface area contributed by atoms with Crippen molar-refractivity contribution < 1.29 is 9.59 Å². The Morgan fingerprint density at radius 2 is 2.07 bits per heavy atom. The largest absolute Gasteiger partial charge is 0.344 e. The Balaban J connectivity index is 1.73. The average Bonchev–Trinajstić information content (AvgIpc) is 3.09. The zero-order valence-corrected chi connectivity index (χ0v) is 17.1. The fourth-order valence-electron chi connectivity index (χ4n) is 3.79. The number of carbonyl (C=O) groups is 2. The minimum Gasteiger partial charge on any atom is -0.344 e. The van der Waals surface area contributed by atoms with Gasteiger partial charge in [-0.15, -0.1) is 0 Å². The van der Waals surface area contributed by atoms with E-state index in [0.29, 0.717) is 29.1 Å². The smallest absolute Gasteiger partial charge is 0.245 e. The Labute approximate surface area is 166 Å². The van der Waals surface area contributed by atoms with Gasteiger partial charge in [0.15, 0.2) is 11.4 Å². The number of rotatable bonds is 7. The second-order valence-electron chi connectivity index (χ2n) is 8.63. The summed E-state index contributed by atoms with van der Waals surface area (Å²) in [7, 11) is 0. The van der Waals surface area contributed by atoms with Crippen LogP contribution in [0, 0.1) is 11.3 Å². The normalized spacial score (nSPS) is 16.5.